The van der Waals surface area contributed by atoms with E-state index in [0.29, 0.717) is 49.2 Å². The van der Waals surface area contributed by atoms with E-state index in [2.05, 4.69) is 4.90 Å². The Morgan fingerprint density at radius 3 is 2.12 bits per heavy atom. The molecule has 0 radical (unpaired) electrons. The van der Waals surface area contributed by atoms with Crippen LogP contribution >= 0.6 is 11.3 Å². The third-order valence-corrected chi connectivity index (χ3v) is 8.50. The van der Waals surface area contributed by atoms with Gasteiger partial charge in [-0.05, 0) is 24.3 Å². The number of ether oxygens (including phenoxy) is 4. The molecule has 1 aliphatic rings. The van der Waals surface area contributed by atoms with Crippen molar-refractivity contribution in [2.75, 3.05) is 59.5 Å². The molecule has 2 heterocycles. The first-order valence-electron chi connectivity index (χ1n) is 10.6. The van der Waals surface area contributed by atoms with Gasteiger partial charge in [0, 0.05) is 49.3 Å². The summed E-state index contributed by atoms with van der Waals surface area (Å²) in [5.74, 6) is 2.14. The summed E-state index contributed by atoms with van der Waals surface area (Å²) in [5.41, 5.74) is 1.67. The summed E-state index contributed by atoms with van der Waals surface area (Å²) in [7, 11) is 2.44. The molecule has 0 spiro atoms. The van der Waals surface area contributed by atoms with Gasteiger partial charge in [0.2, 0.25) is 10.0 Å². The summed E-state index contributed by atoms with van der Waals surface area (Å²) in [6, 6.07) is 10.4. The van der Waals surface area contributed by atoms with Crippen LogP contribution in [0.4, 0.5) is 5.13 Å². The van der Waals surface area contributed by atoms with Crippen molar-refractivity contribution in [1.82, 2.24) is 9.29 Å². The SMILES string of the molecule is COc1ccc(-c2csc(N3CCN(S(=O)(=O)c4cc(OC)ccc4OC)CC3)n2)c(OC)c1. The van der Waals surface area contributed by atoms with Crippen molar-refractivity contribution in [2.24, 2.45) is 0 Å². The van der Waals surface area contributed by atoms with Gasteiger partial charge in [-0.25, -0.2) is 13.4 Å². The zero-order chi connectivity index (χ0) is 24.3. The second kappa shape index (κ2) is 10.1. The summed E-state index contributed by atoms with van der Waals surface area (Å²) < 4.78 is 49.4. The minimum absolute atomic E-state index is 0.103. The first-order valence-corrected chi connectivity index (χ1v) is 12.9. The van der Waals surface area contributed by atoms with Gasteiger partial charge in [0.15, 0.2) is 5.13 Å². The van der Waals surface area contributed by atoms with E-state index in [1.807, 2.05) is 23.6 Å². The van der Waals surface area contributed by atoms with Crippen molar-refractivity contribution >= 4 is 26.5 Å². The van der Waals surface area contributed by atoms with Crippen LogP contribution in [0.1, 0.15) is 0 Å². The number of aromatic nitrogens is 1. The smallest absolute Gasteiger partial charge is 0.247 e. The topological polar surface area (TPSA) is 90.4 Å². The van der Waals surface area contributed by atoms with E-state index in [-0.39, 0.29) is 4.90 Å². The van der Waals surface area contributed by atoms with Gasteiger partial charge in [0.1, 0.15) is 27.9 Å². The van der Waals surface area contributed by atoms with Gasteiger partial charge < -0.3 is 23.8 Å². The maximum atomic E-state index is 13.3. The van der Waals surface area contributed by atoms with Crippen molar-refractivity contribution in [3.8, 4) is 34.3 Å². The minimum Gasteiger partial charge on any atom is -0.497 e. The lowest BCUT2D eigenvalue weighted by molar-refractivity contribution is 0.370. The Morgan fingerprint density at radius 1 is 0.824 bits per heavy atom. The monoisotopic (exact) mass is 505 g/mol. The number of piperazine rings is 1. The van der Waals surface area contributed by atoms with Crippen molar-refractivity contribution < 1.29 is 27.4 Å². The number of anilines is 1. The molecule has 0 unspecified atom stereocenters. The third-order valence-electron chi connectivity index (χ3n) is 5.67. The van der Waals surface area contributed by atoms with Crippen molar-refractivity contribution in [3.05, 3.63) is 41.8 Å². The third kappa shape index (κ3) is 4.63. The second-order valence-electron chi connectivity index (χ2n) is 7.49. The molecule has 34 heavy (non-hydrogen) atoms. The van der Waals surface area contributed by atoms with Crippen LogP contribution in [0.2, 0.25) is 0 Å². The number of thiazole rings is 1. The Labute approximate surface area is 203 Å². The predicted molar refractivity (Wildman–Crippen MR) is 131 cm³/mol. The Hall–Kier alpha value is -3.02. The number of benzene rings is 2. The van der Waals surface area contributed by atoms with Crippen LogP contribution in [-0.4, -0.2) is 72.3 Å². The standard InChI is InChI=1S/C23H27N3O6S2/c1-29-16-5-7-18(21(13-16)32-4)19-15-33-23(24-19)25-9-11-26(12-10-25)34(27,28)22-14-17(30-2)6-8-20(22)31-3/h5-8,13-15H,9-12H2,1-4H3. The van der Waals surface area contributed by atoms with Crippen LogP contribution in [0.15, 0.2) is 46.7 Å². The van der Waals surface area contributed by atoms with Gasteiger partial charge in [-0.15, -0.1) is 11.3 Å². The summed E-state index contributed by atoms with van der Waals surface area (Å²) in [6.07, 6.45) is 0. The Kier molecular flexibility index (Phi) is 7.15. The lowest BCUT2D eigenvalue weighted by Crippen LogP contribution is -2.48. The van der Waals surface area contributed by atoms with Crippen LogP contribution < -0.4 is 23.8 Å². The van der Waals surface area contributed by atoms with Crippen molar-refractivity contribution in [2.45, 2.75) is 4.90 Å². The average molecular weight is 506 g/mol. The maximum Gasteiger partial charge on any atom is 0.247 e. The highest BCUT2D eigenvalue weighted by atomic mass is 32.2. The fourth-order valence-electron chi connectivity index (χ4n) is 3.79. The maximum absolute atomic E-state index is 13.3. The molecule has 9 nitrogen and oxygen atoms in total. The van der Waals surface area contributed by atoms with Crippen LogP contribution in [0.25, 0.3) is 11.3 Å². The molecule has 3 aromatic rings. The zero-order valence-corrected chi connectivity index (χ0v) is 21.1. The molecule has 0 amide bonds. The highest BCUT2D eigenvalue weighted by molar-refractivity contribution is 7.89. The summed E-state index contributed by atoms with van der Waals surface area (Å²) in [6.45, 7) is 1.73. The normalized spacial score (nSPS) is 14.6. The molecule has 182 valence electrons. The molecular weight excluding hydrogens is 478 g/mol. The van der Waals surface area contributed by atoms with Gasteiger partial charge >= 0.3 is 0 Å². The number of hydrogen-bond acceptors (Lipinski definition) is 9. The quantitative estimate of drug-likeness (QED) is 0.460. The molecule has 2 aromatic carbocycles. The number of sulfonamides is 1. The van der Waals surface area contributed by atoms with Crippen LogP contribution in [0.5, 0.6) is 23.0 Å². The van der Waals surface area contributed by atoms with E-state index in [4.69, 9.17) is 23.9 Å². The molecule has 0 bridgehead atoms. The molecule has 11 heteroatoms. The average Bonchev–Trinajstić information content (AvgIpc) is 3.38. The number of methoxy groups -OCH3 is 4. The Morgan fingerprint density at radius 2 is 1.47 bits per heavy atom. The molecule has 1 aliphatic heterocycles. The van der Waals surface area contributed by atoms with E-state index in [1.165, 1.54) is 35.9 Å². The van der Waals surface area contributed by atoms with Gasteiger partial charge in [0.05, 0.1) is 34.1 Å². The molecule has 0 atom stereocenters. The summed E-state index contributed by atoms with van der Waals surface area (Å²) in [4.78, 5) is 6.98. The highest BCUT2D eigenvalue weighted by Crippen LogP contribution is 2.36. The van der Waals surface area contributed by atoms with Crippen molar-refractivity contribution in [3.63, 3.8) is 0 Å². The lowest BCUT2D eigenvalue weighted by atomic mass is 10.1. The zero-order valence-electron chi connectivity index (χ0n) is 19.5. The molecule has 0 N–H and O–H groups in total. The van der Waals surface area contributed by atoms with Gasteiger partial charge in [0.25, 0.3) is 0 Å². The highest BCUT2D eigenvalue weighted by Gasteiger charge is 2.32. The number of hydrogen-bond donors (Lipinski definition) is 0. The largest absolute Gasteiger partial charge is 0.497 e. The number of nitrogens with zero attached hydrogens (tertiary/aromatic N) is 3. The molecule has 1 aromatic heterocycles. The Balaban J connectivity index is 1.50. The van der Waals surface area contributed by atoms with E-state index in [0.717, 1.165) is 16.4 Å². The van der Waals surface area contributed by atoms with E-state index in [9.17, 15) is 8.42 Å². The molecule has 1 fully saturated rings. The first-order chi connectivity index (χ1) is 16.4. The fourth-order valence-corrected chi connectivity index (χ4v) is 6.26. The van der Waals surface area contributed by atoms with E-state index in [1.54, 1.807) is 26.4 Å². The van der Waals surface area contributed by atoms with Crippen LogP contribution in [0, 0.1) is 0 Å². The fraction of sp³-hybridized carbons (Fsp3) is 0.348. The van der Waals surface area contributed by atoms with E-state index >= 15 is 0 Å². The van der Waals surface area contributed by atoms with E-state index < -0.39 is 10.0 Å². The predicted octanol–water partition coefficient (Wildman–Crippen LogP) is 3.36. The molecule has 1 saturated heterocycles. The van der Waals surface area contributed by atoms with Crippen molar-refractivity contribution in [1.29, 1.82) is 0 Å². The van der Waals surface area contributed by atoms with Gasteiger partial charge in [-0.2, -0.15) is 4.31 Å². The second-order valence-corrected chi connectivity index (χ2v) is 10.2. The van der Waals surface area contributed by atoms with Crippen LogP contribution in [-0.2, 0) is 10.0 Å². The Bertz CT molecular complexity index is 1250. The molecular formula is C23H27N3O6S2. The summed E-state index contributed by atoms with van der Waals surface area (Å²) >= 11 is 1.52. The molecule has 0 aliphatic carbocycles. The molecule has 0 saturated carbocycles. The molecule has 4 rings (SSSR count). The van der Waals surface area contributed by atoms with Gasteiger partial charge in [-0.3, -0.25) is 0 Å². The summed E-state index contributed by atoms with van der Waals surface area (Å²) in [5, 5.41) is 2.81. The first kappa shape index (κ1) is 24.1. The van der Waals surface area contributed by atoms with Crippen LogP contribution in [0.3, 0.4) is 0 Å². The lowest BCUT2D eigenvalue weighted by Gasteiger charge is -2.34. The number of rotatable bonds is 8. The minimum atomic E-state index is -3.74. The van der Waals surface area contributed by atoms with Gasteiger partial charge in [-0.1, -0.05) is 0 Å².